The molecular formula is C20H15Br. The number of halogens is 1. The minimum atomic E-state index is -0.0524. The Labute approximate surface area is 133 Å². The van der Waals surface area contributed by atoms with Gasteiger partial charge in [0.25, 0.3) is 0 Å². The van der Waals surface area contributed by atoms with Crippen LogP contribution in [0.15, 0.2) is 71.2 Å². The largest absolute Gasteiger partial charge is 0.0692 e. The Morgan fingerprint density at radius 3 is 2.52 bits per heavy atom. The summed E-state index contributed by atoms with van der Waals surface area (Å²) in [6.45, 7) is 2.30. The van der Waals surface area contributed by atoms with Gasteiger partial charge in [-0.25, -0.2) is 0 Å². The minimum Gasteiger partial charge on any atom is -0.0692 e. The molecule has 0 aromatic heterocycles. The van der Waals surface area contributed by atoms with Crippen LogP contribution in [0.2, 0.25) is 0 Å². The Hall–Kier alpha value is -1.86. The van der Waals surface area contributed by atoms with Gasteiger partial charge in [-0.15, -0.1) is 0 Å². The van der Waals surface area contributed by atoms with Gasteiger partial charge in [0.1, 0.15) is 0 Å². The lowest BCUT2D eigenvalue weighted by Crippen LogP contribution is -2.18. The van der Waals surface area contributed by atoms with Crippen LogP contribution in [-0.2, 0) is 5.41 Å². The number of allylic oxidation sites excluding steroid dienone is 1. The highest BCUT2D eigenvalue weighted by molar-refractivity contribution is 9.10. The van der Waals surface area contributed by atoms with Crippen LogP contribution >= 0.6 is 15.9 Å². The summed E-state index contributed by atoms with van der Waals surface area (Å²) in [5.41, 5.74) is 3.97. The van der Waals surface area contributed by atoms with Crippen LogP contribution in [0.5, 0.6) is 0 Å². The van der Waals surface area contributed by atoms with Crippen molar-refractivity contribution < 1.29 is 0 Å². The number of hydrogen-bond donors (Lipinski definition) is 0. The quantitative estimate of drug-likeness (QED) is 0.517. The maximum atomic E-state index is 3.60. The highest BCUT2D eigenvalue weighted by atomic mass is 79.9. The predicted octanol–water partition coefficient (Wildman–Crippen LogP) is 5.94. The maximum Gasteiger partial charge on any atom is 0.0363 e. The van der Waals surface area contributed by atoms with Crippen molar-refractivity contribution in [2.45, 2.75) is 12.3 Å². The molecule has 1 aliphatic carbocycles. The van der Waals surface area contributed by atoms with E-state index in [4.69, 9.17) is 0 Å². The fourth-order valence-corrected chi connectivity index (χ4v) is 3.59. The molecule has 0 spiro atoms. The van der Waals surface area contributed by atoms with Crippen LogP contribution in [0.4, 0.5) is 0 Å². The van der Waals surface area contributed by atoms with Crippen molar-refractivity contribution in [3.05, 3.63) is 87.9 Å². The Kier molecular flexibility index (Phi) is 2.80. The van der Waals surface area contributed by atoms with Gasteiger partial charge in [0.05, 0.1) is 0 Å². The predicted molar refractivity (Wildman–Crippen MR) is 93.6 cm³/mol. The second kappa shape index (κ2) is 4.57. The van der Waals surface area contributed by atoms with Crippen molar-refractivity contribution in [2.24, 2.45) is 0 Å². The van der Waals surface area contributed by atoms with E-state index >= 15 is 0 Å². The van der Waals surface area contributed by atoms with E-state index in [1.54, 1.807) is 0 Å². The lowest BCUT2D eigenvalue weighted by atomic mass is 9.77. The SMILES string of the molecule is CC1(c2ccc3ccccc3c2)C=Cc2ccc(Br)cc21. The molecule has 0 N–H and O–H groups in total. The Bertz CT molecular complexity index is 876. The molecule has 0 radical (unpaired) electrons. The first-order valence-corrected chi connectivity index (χ1v) is 7.95. The Morgan fingerprint density at radius 2 is 1.67 bits per heavy atom. The van der Waals surface area contributed by atoms with Gasteiger partial charge in [-0.1, -0.05) is 70.5 Å². The van der Waals surface area contributed by atoms with Crippen LogP contribution in [0.3, 0.4) is 0 Å². The highest BCUT2D eigenvalue weighted by Gasteiger charge is 2.32. The first-order chi connectivity index (χ1) is 10.2. The summed E-state index contributed by atoms with van der Waals surface area (Å²) in [4.78, 5) is 0. The number of benzene rings is 3. The molecule has 3 aromatic rings. The van der Waals surface area contributed by atoms with Crippen molar-refractivity contribution in [3.63, 3.8) is 0 Å². The third kappa shape index (κ3) is 1.96. The molecule has 0 heterocycles. The van der Waals surface area contributed by atoms with Crippen molar-refractivity contribution in [1.82, 2.24) is 0 Å². The molecule has 0 bridgehead atoms. The van der Waals surface area contributed by atoms with Gasteiger partial charge in [0.15, 0.2) is 0 Å². The molecule has 0 fully saturated rings. The lowest BCUT2D eigenvalue weighted by Gasteiger charge is -2.25. The molecule has 1 unspecified atom stereocenters. The van der Waals surface area contributed by atoms with E-state index in [0.717, 1.165) is 4.47 Å². The van der Waals surface area contributed by atoms with E-state index in [0.29, 0.717) is 0 Å². The van der Waals surface area contributed by atoms with E-state index < -0.39 is 0 Å². The third-order valence-corrected chi connectivity index (χ3v) is 5.01. The fraction of sp³-hybridized carbons (Fsp3) is 0.100. The molecule has 0 aliphatic heterocycles. The van der Waals surface area contributed by atoms with Crippen LogP contribution in [0.1, 0.15) is 23.6 Å². The molecule has 0 nitrogen and oxygen atoms in total. The van der Waals surface area contributed by atoms with Crippen LogP contribution < -0.4 is 0 Å². The van der Waals surface area contributed by atoms with Gasteiger partial charge < -0.3 is 0 Å². The monoisotopic (exact) mass is 334 g/mol. The Morgan fingerprint density at radius 1 is 0.857 bits per heavy atom. The van der Waals surface area contributed by atoms with Crippen molar-refractivity contribution >= 4 is 32.8 Å². The van der Waals surface area contributed by atoms with E-state index in [-0.39, 0.29) is 5.41 Å². The fourth-order valence-electron chi connectivity index (χ4n) is 3.23. The summed E-state index contributed by atoms with van der Waals surface area (Å²) in [5.74, 6) is 0. The second-order valence-corrected chi connectivity index (χ2v) is 6.74. The lowest BCUT2D eigenvalue weighted by molar-refractivity contribution is 0.739. The average Bonchev–Trinajstić information content (AvgIpc) is 2.85. The van der Waals surface area contributed by atoms with Gasteiger partial charge in [0.2, 0.25) is 0 Å². The summed E-state index contributed by atoms with van der Waals surface area (Å²) in [6.07, 6.45) is 4.55. The molecule has 1 heteroatoms. The third-order valence-electron chi connectivity index (χ3n) is 4.52. The number of rotatable bonds is 1. The maximum absolute atomic E-state index is 3.60. The van der Waals surface area contributed by atoms with Gasteiger partial charge in [-0.2, -0.15) is 0 Å². The van der Waals surface area contributed by atoms with E-state index in [9.17, 15) is 0 Å². The summed E-state index contributed by atoms with van der Waals surface area (Å²) >= 11 is 3.60. The summed E-state index contributed by atoms with van der Waals surface area (Å²) in [5, 5.41) is 2.59. The van der Waals surface area contributed by atoms with E-state index in [1.807, 2.05) is 0 Å². The molecule has 0 amide bonds. The standard InChI is InChI=1S/C20H15Br/c1-20(11-10-15-7-9-18(21)13-19(15)20)17-8-6-14-4-2-3-5-16(14)12-17/h2-13H,1H3. The second-order valence-electron chi connectivity index (χ2n) is 5.83. The van der Waals surface area contributed by atoms with Crippen LogP contribution in [0.25, 0.3) is 16.8 Å². The zero-order chi connectivity index (χ0) is 14.4. The van der Waals surface area contributed by atoms with Gasteiger partial charge in [0, 0.05) is 9.89 Å². The number of fused-ring (bicyclic) bond motifs is 2. The van der Waals surface area contributed by atoms with Gasteiger partial charge >= 0.3 is 0 Å². The van der Waals surface area contributed by atoms with Crippen molar-refractivity contribution in [1.29, 1.82) is 0 Å². The topological polar surface area (TPSA) is 0 Å². The molecule has 1 aliphatic rings. The summed E-state index contributed by atoms with van der Waals surface area (Å²) in [6, 6.07) is 21.9. The molecule has 4 rings (SSSR count). The minimum absolute atomic E-state index is 0.0524. The van der Waals surface area contributed by atoms with Crippen LogP contribution in [-0.4, -0.2) is 0 Å². The van der Waals surface area contributed by atoms with Crippen molar-refractivity contribution in [3.8, 4) is 0 Å². The summed E-state index contributed by atoms with van der Waals surface area (Å²) in [7, 11) is 0. The molecule has 3 aromatic carbocycles. The molecule has 0 saturated heterocycles. The average molecular weight is 335 g/mol. The number of hydrogen-bond acceptors (Lipinski definition) is 0. The summed E-state index contributed by atoms with van der Waals surface area (Å²) < 4.78 is 1.14. The molecule has 1 atom stereocenters. The highest BCUT2D eigenvalue weighted by Crippen LogP contribution is 2.42. The smallest absolute Gasteiger partial charge is 0.0363 e. The zero-order valence-electron chi connectivity index (χ0n) is 11.8. The van der Waals surface area contributed by atoms with Gasteiger partial charge in [-0.3, -0.25) is 0 Å². The normalized spacial score (nSPS) is 19.9. The molecule has 0 saturated carbocycles. The van der Waals surface area contributed by atoms with Crippen molar-refractivity contribution in [2.75, 3.05) is 0 Å². The van der Waals surface area contributed by atoms with E-state index in [2.05, 4.69) is 95.7 Å². The first-order valence-electron chi connectivity index (χ1n) is 7.15. The molecule has 102 valence electrons. The first kappa shape index (κ1) is 12.8. The van der Waals surface area contributed by atoms with Crippen LogP contribution in [0, 0.1) is 0 Å². The molecule has 21 heavy (non-hydrogen) atoms. The Balaban J connectivity index is 1.93. The molecular weight excluding hydrogens is 320 g/mol. The van der Waals surface area contributed by atoms with Gasteiger partial charge in [-0.05, 0) is 52.6 Å². The van der Waals surface area contributed by atoms with E-state index in [1.165, 1.54) is 27.5 Å². The zero-order valence-corrected chi connectivity index (χ0v) is 13.4.